The fraction of sp³-hybridized carbons (Fsp3) is 0.412. The zero-order valence-electron chi connectivity index (χ0n) is 12.9. The molecule has 5 nitrogen and oxygen atoms in total. The van der Waals surface area contributed by atoms with Gasteiger partial charge >= 0.3 is 0 Å². The Morgan fingerprint density at radius 2 is 2.00 bits per heavy atom. The zero-order valence-corrected chi connectivity index (χ0v) is 13.7. The van der Waals surface area contributed by atoms with E-state index in [1.807, 2.05) is 29.3 Å². The quantitative estimate of drug-likeness (QED) is 0.902. The van der Waals surface area contributed by atoms with Crippen molar-refractivity contribution in [1.29, 1.82) is 0 Å². The number of likely N-dealkylation sites (tertiary alicyclic amines) is 1. The molecule has 2 N–H and O–H groups in total. The highest BCUT2D eigenvalue weighted by Gasteiger charge is 2.17. The number of carbonyl (C=O) groups is 2. The second-order valence-corrected chi connectivity index (χ2v) is 6.34. The second kappa shape index (κ2) is 7.04. The lowest BCUT2D eigenvalue weighted by Gasteiger charge is -2.26. The van der Waals surface area contributed by atoms with Crippen molar-refractivity contribution in [2.75, 3.05) is 19.6 Å². The van der Waals surface area contributed by atoms with E-state index in [-0.39, 0.29) is 24.8 Å². The molecule has 1 aliphatic rings. The predicted octanol–water partition coefficient (Wildman–Crippen LogP) is 2.49. The second-order valence-electron chi connectivity index (χ2n) is 5.90. The molecule has 2 amide bonds. The van der Waals surface area contributed by atoms with Gasteiger partial charge in [0.2, 0.25) is 11.8 Å². The van der Waals surface area contributed by atoms with E-state index >= 15 is 0 Å². The molecule has 0 aliphatic carbocycles. The summed E-state index contributed by atoms with van der Waals surface area (Å²) in [5.41, 5.74) is 1.83. The number of nitrogens with zero attached hydrogens (tertiary/aromatic N) is 1. The molecule has 23 heavy (non-hydrogen) atoms. The summed E-state index contributed by atoms with van der Waals surface area (Å²) in [6.07, 6.45) is 5.32. The fourth-order valence-corrected chi connectivity index (χ4v) is 3.13. The van der Waals surface area contributed by atoms with E-state index in [1.165, 1.54) is 6.42 Å². The standard InChI is InChI=1S/C17H20ClN3O2/c18-13-4-5-15-14(9-13)12(10-19-15)8-16(22)20-11-17(23)21-6-2-1-3-7-21/h4-5,9-10,19H,1-3,6-8,11H2,(H,20,22). The van der Waals surface area contributed by atoms with Gasteiger partial charge in [-0.15, -0.1) is 0 Å². The molecular formula is C17H20ClN3O2. The third-order valence-corrected chi connectivity index (χ3v) is 4.46. The van der Waals surface area contributed by atoms with Crippen LogP contribution in [0.3, 0.4) is 0 Å². The van der Waals surface area contributed by atoms with Crippen molar-refractivity contribution >= 4 is 34.3 Å². The first kappa shape index (κ1) is 15.9. The molecule has 3 rings (SSSR count). The largest absolute Gasteiger partial charge is 0.361 e. The van der Waals surface area contributed by atoms with Gasteiger partial charge in [-0.2, -0.15) is 0 Å². The Bertz CT molecular complexity index is 720. The number of hydrogen-bond acceptors (Lipinski definition) is 2. The number of halogens is 1. The highest BCUT2D eigenvalue weighted by molar-refractivity contribution is 6.31. The van der Waals surface area contributed by atoms with Crippen LogP contribution in [0, 0.1) is 0 Å². The molecule has 122 valence electrons. The van der Waals surface area contributed by atoms with E-state index in [9.17, 15) is 9.59 Å². The average Bonchev–Trinajstić information content (AvgIpc) is 2.95. The smallest absolute Gasteiger partial charge is 0.241 e. The van der Waals surface area contributed by atoms with Gasteiger partial charge in [0.15, 0.2) is 0 Å². The summed E-state index contributed by atoms with van der Waals surface area (Å²) in [5, 5.41) is 4.30. The fourth-order valence-electron chi connectivity index (χ4n) is 2.96. The number of amides is 2. The van der Waals surface area contributed by atoms with Crippen LogP contribution in [0.15, 0.2) is 24.4 Å². The summed E-state index contributed by atoms with van der Waals surface area (Å²) < 4.78 is 0. The number of aromatic amines is 1. The van der Waals surface area contributed by atoms with Crippen molar-refractivity contribution in [2.24, 2.45) is 0 Å². The number of hydrogen-bond donors (Lipinski definition) is 2. The van der Waals surface area contributed by atoms with Gasteiger partial charge < -0.3 is 15.2 Å². The molecule has 1 fully saturated rings. The van der Waals surface area contributed by atoms with Crippen LogP contribution >= 0.6 is 11.6 Å². The highest BCUT2D eigenvalue weighted by Crippen LogP contribution is 2.22. The van der Waals surface area contributed by atoms with E-state index in [0.717, 1.165) is 42.4 Å². The minimum atomic E-state index is -0.156. The third-order valence-electron chi connectivity index (χ3n) is 4.23. The van der Waals surface area contributed by atoms with Crippen molar-refractivity contribution in [3.05, 3.63) is 35.0 Å². The van der Waals surface area contributed by atoms with Crippen LogP contribution in [0.2, 0.25) is 5.02 Å². The first-order chi connectivity index (χ1) is 11.1. The molecule has 0 radical (unpaired) electrons. The van der Waals surface area contributed by atoms with Crippen LogP contribution < -0.4 is 5.32 Å². The van der Waals surface area contributed by atoms with Crippen molar-refractivity contribution in [2.45, 2.75) is 25.7 Å². The number of benzene rings is 1. The number of fused-ring (bicyclic) bond motifs is 1. The lowest BCUT2D eigenvalue weighted by molar-refractivity contribution is -0.133. The molecule has 0 saturated carbocycles. The lowest BCUT2D eigenvalue weighted by atomic mass is 10.1. The van der Waals surface area contributed by atoms with Gasteiger partial charge in [-0.25, -0.2) is 0 Å². The Morgan fingerprint density at radius 3 is 2.78 bits per heavy atom. The van der Waals surface area contributed by atoms with E-state index in [2.05, 4.69) is 10.3 Å². The van der Waals surface area contributed by atoms with Crippen LogP contribution in [0.4, 0.5) is 0 Å². The maximum atomic E-state index is 12.1. The van der Waals surface area contributed by atoms with Gasteiger partial charge in [0.05, 0.1) is 13.0 Å². The first-order valence-electron chi connectivity index (χ1n) is 7.93. The molecule has 1 aromatic carbocycles. The molecular weight excluding hydrogens is 314 g/mol. The summed E-state index contributed by atoms with van der Waals surface area (Å²) in [5.74, 6) is -0.156. The summed E-state index contributed by atoms with van der Waals surface area (Å²) >= 11 is 6.01. The molecule has 0 unspecified atom stereocenters. The summed E-state index contributed by atoms with van der Waals surface area (Å²) in [4.78, 5) is 29.1. The number of rotatable bonds is 4. The molecule has 2 heterocycles. The number of H-pyrrole nitrogens is 1. The number of piperidine rings is 1. The van der Waals surface area contributed by atoms with Crippen LogP contribution in [0.5, 0.6) is 0 Å². The van der Waals surface area contributed by atoms with Crippen LogP contribution in [-0.2, 0) is 16.0 Å². The molecule has 0 bridgehead atoms. The maximum Gasteiger partial charge on any atom is 0.241 e. The normalized spacial score (nSPS) is 14.9. The van der Waals surface area contributed by atoms with Gasteiger partial charge in [-0.3, -0.25) is 9.59 Å². The van der Waals surface area contributed by atoms with Gasteiger partial charge in [0.1, 0.15) is 0 Å². The molecule has 2 aromatic rings. The zero-order chi connectivity index (χ0) is 16.2. The molecule has 1 saturated heterocycles. The predicted molar refractivity (Wildman–Crippen MR) is 90.5 cm³/mol. The van der Waals surface area contributed by atoms with Crippen molar-refractivity contribution in [1.82, 2.24) is 15.2 Å². The first-order valence-corrected chi connectivity index (χ1v) is 8.31. The van der Waals surface area contributed by atoms with Gasteiger partial charge in [0, 0.05) is 35.2 Å². The van der Waals surface area contributed by atoms with E-state index in [0.29, 0.717) is 5.02 Å². The van der Waals surface area contributed by atoms with Gasteiger partial charge in [-0.05, 0) is 43.0 Å². The number of carbonyl (C=O) groups excluding carboxylic acids is 2. The van der Waals surface area contributed by atoms with Crippen LogP contribution in [0.25, 0.3) is 10.9 Å². The van der Waals surface area contributed by atoms with Crippen LogP contribution in [0.1, 0.15) is 24.8 Å². The Hall–Kier alpha value is -2.01. The van der Waals surface area contributed by atoms with Gasteiger partial charge in [0.25, 0.3) is 0 Å². The van der Waals surface area contributed by atoms with E-state index in [1.54, 1.807) is 0 Å². The minimum absolute atomic E-state index is 0.0000196. The lowest BCUT2D eigenvalue weighted by Crippen LogP contribution is -2.42. The Balaban J connectivity index is 1.56. The Morgan fingerprint density at radius 1 is 1.22 bits per heavy atom. The molecule has 0 spiro atoms. The number of nitrogens with one attached hydrogen (secondary N) is 2. The Labute approximate surface area is 140 Å². The highest BCUT2D eigenvalue weighted by atomic mass is 35.5. The molecule has 6 heteroatoms. The van der Waals surface area contributed by atoms with Crippen molar-refractivity contribution in [3.8, 4) is 0 Å². The monoisotopic (exact) mass is 333 g/mol. The third kappa shape index (κ3) is 3.85. The molecule has 1 aliphatic heterocycles. The molecule has 1 aromatic heterocycles. The summed E-state index contributed by atoms with van der Waals surface area (Å²) in [7, 11) is 0. The maximum absolute atomic E-state index is 12.1. The summed E-state index contributed by atoms with van der Waals surface area (Å²) in [6.45, 7) is 1.67. The van der Waals surface area contributed by atoms with Gasteiger partial charge in [-0.1, -0.05) is 11.6 Å². The Kier molecular flexibility index (Phi) is 4.86. The minimum Gasteiger partial charge on any atom is -0.361 e. The topological polar surface area (TPSA) is 65.2 Å². The van der Waals surface area contributed by atoms with Crippen molar-refractivity contribution < 1.29 is 9.59 Å². The SMILES string of the molecule is O=C(Cc1c[nH]c2ccc(Cl)cc12)NCC(=O)N1CCCCC1. The summed E-state index contributed by atoms with van der Waals surface area (Å²) in [6, 6.07) is 5.54. The van der Waals surface area contributed by atoms with E-state index < -0.39 is 0 Å². The van der Waals surface area contributed by atoms with E-state index in [4.69, 9.17) is 11.6 Å². The molecule has 0 atom stereocenters. The number of aromatic nitrogens is 1. The van der Waals surface area contributed by atoms with Crippen molar-refractivity contribution in [3.63, 3.8) is 0 Å². The van der Waals surface area contributed by atoms with Crippen LogP contribution in [-0.4, -0.2) is 41.3 Å². The average molecular weight is 334 g/mol.